The van der Waals surface area contributed by atoms with Gasteiger partial charge in [-0.15, -0.1) is 11.3 Å². The molecule has 7 heteroatoms. The van der Waals surface area contributed by atoms with Crippen molar-refractivity contribution < 1.29 is 23.8 Å². The number of Topliss-reactive ketones (excluding diaryl/α,β-unsaturated/α-hetero) is 1. The van der Waals surface area contributed by atoms with E-state index in [0.717, 1.165) is 11.6 Å². The highest BCUT2D eigenvalue weighted by molar-refractivity contribution is 7.10. The first-order valence-corrected chi connectivity index (χ1v) is 11.0. The quantitative estimate of drug-likeness (QED) is 0.309. The number of methoxy groups -OCH3 is 1. The Hall–Kier alpha value is -3.45. The highest BCUT2D eigenvalue weighted by Gasteiger charge is 2.47. The number of benzene rings is 2. The van der Waals surface area contributed by atoms with Gasteiger partial charge in [-0.3, -0.25) is 14.5 Å². The Bertz CT molecular complexity index is 1200. The summed E-state index contributed by atoms with van der Waals surface area (Å²) >= 11 is 1.36. The van der Waals surface area contributed by atoms with Gasteiger partial charge in [-0.2, -0.15) is 0 Å². The Kier molecular flexibility index (Phi) is 5.84. The maximum absolute atomic E-state index is 14.0. The monoisotopic (exact) mass is 451 g/mol. The van der Waals surface area contributed by atoms with Gasteiger partial charge in [-0.05, 0) is 53.3 Å². The summed E-state index contributed by atoms with van der Waals surface area (Å²) in [6.45, 7) is 4.14. The molecule has 1 saturated heterocycles. The van der Waals surface area contributed by atoms with Crippen LogP contribution in [0.25, 0.3) is 5.76 Å². The number of carbonyl (C=O) groups excluding carboxylic acids is 2. The van der Waals surface area contributed by atoms with Gasteiger partial charge in [-0.1, -0.05) is 32.0 Å². The zero-order valence-electron chi connectivity index (χ0n) is 17.8. The van der Waals surface area contributed by atoms with Crippen molar-refractivity contribution in [2.75, 3.05) is 12.0 Å². The molecule has 1 aromatic heterocycles. The lowest BCUT2D eigenvalue weighted by Crippen LogP contribution is -2.29. The van der Waals surface area contributed by atoms with Crippen LogP contribution in [-0.4, -0.2) is 23.9 Å². The lowest BCUT2D eigenvalue weighted by atomic mass is 9.98. The van der Waals surface area contributed by atoms with Gasteiger partial charge in [0, 0.05) is 10.6 Å². The van der Waals surface area contributed by atoms with Crippen LogP contribution in [0.2, 0.25) is 0 Å². The fraction of sp³-hybridized carbons (Fsp3) is 0.200. The molecular formula is C25H22FNO4S. The third-order valence-corrected chi connectivity index (χ3v) is 6.44. The number of halogens is 1. The average Bonchev–Trinajstić information content (AvgIpc) is 3.40. The van der Waals surface area contributed by atoms with Gasteiger partial charge in [0.25, 0.3) is 11.7 Å². The summed E-state index contributed by atoms with van der Waals surface area (Å²) in [7, 11) is 1.38. The molecule has 0 saturated carbocycles. The van der Waals surface area contributed by atoms with E-state index in [-0.39, 0.29) is 16.9 Å². The van der Waals surface area contributed by atoms with E-state index >= 15 is 0 Å². The van der Waals surface area contributed by atoms with Crippen LogP contribution in [0, 0.1) is 5.82 Å². The molecule has 0 aliphatic carbocycles. The SMILES string of the molecule is COc1ccc(F)cc1/C(O)=C1/C(=O)C(=O)N(c2ccc(C(C)C)cc2)C1c1cccs1. The molecule has 1 N–H and O–H groups in total. The maximum atomic E-state index is 14.0. The van der Waals surface area contributed by atoms with Crippen molar-refractivity contribution in [2.45, 2.75) is 25.8 Å². The van der Waals surface area contributed by atoms with Gasteiger partial charge in [0.05, 0.1) is 18.2 Å². The van der Waals surface area contributed by atoms with Crippen molar-refractivity contribution in [3.63, 3.8) is 0 Å². The van der Waals surface area contributed by atoms with Crippen LogP contribution >= 0.6 is 11.3 Å². The number of aliphatic hydroxyl groups excluding tert-OH is 1. The zero-order chi connectivity index (χ0) is 23.0. The van der Waals surface area contributed by atoms with E-state index in [2.05, 4.69) is 13.8 Å². The second-order valence-corrected chi connectivity index (χ2v) is 8.75. The minimum Gasteiger partial charge on any atom is -0.507 e. The number of rotatable bonds is 5. The van der Waals surface area contributed by atoms with Gasteiger partial charge in [0.15, 0.2) is 0 Å². The van der Waals surface area contributed by atoms with Crippen molar-refractivity contribution in [1.29, 1.82) is 0 Å². The van der Waals surface area contributed by atoms with E-state index in [1.165, 1.54) is 35.5 Å². The first kappa shape index (κ1) is 21.8. The molecule has 1 fully saturated rings. The number of anilines is 1. The summed E-state index contributed by atoms with van der Waals surface area (Å²) in [6, 6.07) is 13.8. The van der Waals surface area contributed by atoms with Crippen LogP contribution in [-0.2, 0) is 9.59 Å². The minimum atomic E-state index is -0.840. The van der Waals surface area contributed by atoms with Crippen molar-refractivity contribution in [3.05, 3.63) is 87.4 Å². The minimum absolute atomic E-state index is 0.0159. The lowest BCUT2D eigenvalue weighted by molar-refractivity contribution is -0.132. The van der Waals surface area contributed by atoms with E-state index in [0.29, 0.717) is 16.5 Å². The van der Waals surface area contributed by atoms with Crippen LogP contribution in [0.1, 0.15) is 41.8 Å². The Morgan fingerprint density at radius 3 is 2.44 bits per heavy atom. The van der Waals surface area contributed by atoms with Gasteiger partial charge < -0.3 is 9.84 Å². The molecule has 4 rings (SSSR count). The molecule has 0 bridgehead atoms. The predicted octanol–water partition coefficient (Wildman–Crippen LogP) is 5.65. The standard InChI is InChI=1S/C25H22FNO4S/c1-14(2)15-6-9-17(10-7-15)27-22(20-5-4-12-32-20)21(24(29)25(27)30)23(28)18-13-16(26)8-11-19(18)31-3/h4-14,22,28H,1-3H3/b23-21-. The maximum Gasteiger partial charge on any atom is 0.300 e. The number of ether oxygens (including phenoxy) is 1. The second kappa shape index (κ2) is 8.59. The molecule has 164 valence electrons. The molecule has 0 radical (unpaired) electrons. The Morgan fingerprint density at radius 1 is 1.12 bits per heavy atom. The summed E-state index contributed by atoms with van der Waals surface area (Å²) in [5, 5.41) is 13.0. The number of aliphatic hydroxyl groups is 1. The smallest absolute Gasteiger partial charge is 0.300 e. The summed E-state index contributed by atoms with van der Waals surface area (Å²) in [5.74, 6) is -2.15. The first-order chi connectivity index (χ1) is 15.3. The van der Waals surface area contributed by atoms with Gasteiger partial charge in [0.2, 0.25) is 0 Å². The third-order valence-electron chi connectivity index (χ3n) is 5.51. The molecule has 1 aliphatic heterocycles. The Balaban J connectivity index is 1.91. The van der Waals surface area contributed by atoms with Crippen LogP contribution in [0.3, 0.4) is 0 Å². The lowest BCUT2D eigenvalue weighted by Gasteiger charge is -2.24. The number of thiophene rings is 1. The number of hydrogen-bond acceptors (Lipinski definition) is 5. The molecule has 1 atom stereocenters. The predicted molar refractivity (Wildman–Crippen MR) is 123 cm³/mol. The fourth-order valence-electron chi connectivity index (χ4n) is 3.85. The third kappa shape index (κ3) is 3.69. The number of amides is 1. The van der Waals surface area contributed by atoms with Crippen molar-refractivity contribution in [1.82, 2.24) is 0 Å². The van der Waals surface area contributed by atoms with E-state index in [1.807, 2.05) is 23.6 Å². The topological polar surface area (TPSA) is 66.8 Å². The molecule has 3 aromatic rings. The highest BCUT2D eigenvalue weighted by atomic mass is 32.1. The van der Waals surface area contributed by atoms with E-state index in [4.69, 9.17) is 4.74 Å². The number of ketones is 1. The number of hydrogen-bond donors (Lipinski definition) is 1. The van der Waals surface area contributed by atoms with Gasteiger partial charge >= 0.3 is 0 Å². The van der Waals surface area contributed by atoms with Crippen LogP contribution in [0.15, 0.2) is 65.6 Å². The number of carbonyl (C=O) groups is 2. The molecule has 32 heavy (non-hydrogen) atoms. The normalized spacial score (nSPS) is 17.9. The van der Waals surface area contributed by atoms with Crippen LogP contribution in [0.5, 0.6) is 5.75 Å². The first-order valence-electron chi connectivity index (χ1n) is 10.1. The van der Waals surface area contributed by atoms with Crippen molar-refractivity contribution >= 4 is 34.5 Å². The molecule has 1 amide bonds. The van der Waals surface area contributed by atoms with Crippen molar-refractivity contribution in [2.24, 2.45) is 0 Å². The van der Waals surface area contributed by atoms with Gasteiger partial charge in [0.1, 0.15) is 23.4 Å². The van der Waals surface area contributed by atoms with E-state index in [9.17, 15) is 19.1 Å². The summed E-state index contributed by atoms with van der Waals surface area (Å²) < 4.78 is 19.2. The second-order valence-electron chi connectivity index (χ2n) is 7.78. The van der Waals surface area contributed by atoms with E-state index in [1.54, 1.807) is 18.2 Å². The Morgan fingerprint density at radius 2 is 1.84 bits per heavy atom. The highest BCUT2D eigenvalue weighted by Crippen LogP contribution is 2.44. The molecule has 5 nitrogen and oxygen atoms in total. The summed E-state index contributed by atoms with van der Waals surface area (Å²) in [5.41, 5.74) is 1.55. The fourth-order valence-corrected chi connectivity index (χ4v) is 4.67. The average molecular weight is 452 g/mol. The summed E-state index contributed by atoms with van der Waals surface area (Å²) in [4.78, 5) is 28.3. The summed E-state index contributed by atoms with van der Waals surface area (Å²) in [6.07, 6.45) is 0. The van der Waals surface area contributed by atoms with Crippen LogP contribution < -0.4 is 9.64 Å². The molecule has 2 aromatic carbocycles. The van der Waals surface area contributed by atoms with Crippen LogP contribution in [0.4, 0.5) is 10.1 Å². The number of nitrogens with zero attached hydrogens (tertiary/aromatic N) is 1. The zero-order valence-corrected chi connectivity index (χ0v) is 18.7. The van der Waals surface area contributed by atoms with E-state index < -0.39 is 29.3 Å². The molecule has 1 unspecified atom stereocenters. The molecule has 1 aliphatic rings. The largest absolute Gasteiger partial charge is 0.507 e. The Labute approximate surface area is 189 Å². The molecule has 0 spiro atoms. The molecule has 2 heterocycles. The molecular weight excluding hydrogens is 429 g/mol. The van der Waals surface area contributed by atoms with Gasteiger partial charge in [-0.25, -0.2) is 4.39 Å². The van der Waals surface area contributed by atoms with Crippen molar-refractivity contribution in [3.8, 4) is 5.75 Å².